The van der Waals surface area contributed by atoms with Gasteiger partial charge in [-0.3, -0.25) is 4.79 Å². The van der Waals surface area contributed by atoms with Gasteiger partial charge in [0.05, 0.1) is 24.5 Å². The standard InChI is InChI=1S/C19H17F3N2O2/c1-12(25)24-18-9-23-17-6-5-14(8-16(17)18)11-26-10-13-3-2-4-15(7-13)19(20,21)22/h2-9,23H,10-11H2,1H3,(H,24,25). The van der Waals surface area contributed by atoms with Crippen LogP contribution >= 0.6 is 0 Å². The van der Waals surface area contributed by atoms with Crippen LogP contribution < -0.4 is 5.32 Å². The number of carbonyl (C=O) groups is 1. The number of rotatable bonds is 5. The van der Waals surface area contributed by atoms with Crippen LogP contribution in [-0.4, -0.2) is 10.9 Å². The number of hydrogen-bond donors (Lipinski definition) is 2. The number of anilines is 1. The van der Waals surface area contributed by atoms with Gasteiger partial charge in [0.2, 0.25) is 5.91 Å². The first kappa shape index (κ1) is 18.0. The van der Waals surface area contributed by atoms with Crippen LogP contribution in [0.2, 0.25) is 0 Å². The largest absolute Gasteiger partial charge is 0.416 e. The average molecular weight is 362 g/mol. The Bertz CT molecular complexity index is 932. The highest BCUT2D eigenvalue weighted by molar-refractivity contribution is 6.01. The molecule has 0 aliphatic carbocycles. The first-order chi connectivity index (χ1) is 12.3. The maximum atomic E-state index is 12.7. The van der Waals surface area contributed by atoms with Gasteiger partial charge in [0.15, 0.2) is 0 Å². The Balaban J connectivity index is 1.67. The highest BCUT2D eigenvalue weighted by Gasteiger charge is 2.30. The van der Waals surface area contributed by atoms with E-state index in [4.69, 9.17) is 4.74 Å². The lowest BCUT2D eigenvalue weighted by molar-refractivity contribution is -0.137. The van der Waals surface area contributed by atoms with E-state index >= 15 is 0 Å². The van der Waals surface area contributed by atoms with Crippen LogP contribution in [0, 0.1) is 0 Å². The number of aromatic nitrogens is 1. The Morgan fingerprint density at radius 2 is 1.85 bits per heavy atom. The molecular formula is C19H17F3N2O2. The molecule has 0 aliphatic heterocycles. The average Bonchev–Trinajstić information content (AvgIpc) is 2.96. The molecule has 2 N–H and O–H groups in total. The van der Waals surface area contributed by atoms with E-state index in [1.54, 1.807) is 12.3 Å². The van der Waals surface area contributed by atoms with Crippen molar-refractivity contribution in [3.8, 4) is 0 Å². The molecular weight excluding hydrogens is 345 g/mol. The Hall–Kier alpha value is -2.80. The Kier molecular flexibility index (Phi) is 4.99. The van der Waals surface area contributed by atoms with Crippen LogP contribution in [0.25, 0.3) is 10.9 Å². The third-order valence-electron chi connectivity index (χ3n) is 3.85. The number of hydrogen-bond acceptors (Lipinski definition) is 2. The maximum absolute atomic E-state index is 12.7. The van der Waals surface area contributed by atoms with Gasteiger partial charge in [0, 0.05) is 24.0 Å². The van der Waals surface area contributed by atoms with Crippen LogP contribution in [-0.2, 0) is 28.9 Å². The molecule has 0 radical (unpaired) electrons. The molecule has 136 valence electrons. The molecule has 26 heavy (non-hydrogen) atoms. The molecule has 2 aromatic carbocycles. The zero-order chi connectivity index (χ0) is 18.7. The molecule has 0 saturated carbocycles. The molecule has 0 bridgehead atoms. The quantitative estimate of drug-likeness (QED) is 0.681. The summed E-state index contributed by atoms with van der Waals surface area (Å²) in [5.41, 5.74) is 2.17. The number of amides is 1. The van der Waals surface area contributed by atoms with Gasteiger partial charge in [-0.1, -0.05) is 18.2 Å². The SMILES string of the molecule is CC(=O)Nc1c[nH]c2ccc(COCc3cccc(C(F)(F)F)c3)cc12. The van der Waals surface area contributed by atoms with Crippen molar-refractivity contribution in [2.24, 2.45) is 0 Å². The Morgan fingerprint density at radius 1 is 1.12 bits per heavy atom. The summed E-state index contributed by atoms with van der Waals surface area (Å²) >= 11 is 0. The third-order valence-corrected chi connectivity index (χ3v) is 3.85. The number of ether oxygens (including phenoxy) is 1. The van der Waals surface area contributed by atoms with Crippen molar-refractivity contribution in [2.45, 2.75) is 26.3 Å². The van der Waals surface area contributed by atoms with E-state index in [9.17, 15) is 18.0 Å². The number of H-pyrrole nitrogens is 1. The second-order valence-electron chi connectivity index (χ2n) is 5.95. The van der Waals surface area contributed by atoms with E-state index in [0.29, 0.717) is 11.3 Å². The summed E-state index contributed by atoms with van der Waals surface area (Å²) in [5, 5.41) is 3.59. The maximum Gasteiger partial charge on any atom is 0.416 e. The summed E-state index contributed by atoms with van der Waals surface area (Å²) in [6.07, 6.45) is -2.66. The molecule has 1 amide bonds. The minimum atomic E-state index is -4.37. The van der Waals surface area contributed by atoms with Gasteiger partial charge in [0.1, 0.15) is 0 Å². The Morgan fingerprint density at radius 3 is 2.54 bits per heavy atom. The summed E-state index contributed by atoms with van der Waals surface area (Å²) < 4.78 is 43.7. The van der Waals surface area contributed by atoms with Gasteiger partial charge in [-0.2, -0.15) is 13.2 Å². The molecule has 3 rings (SSSR count). The van der Waals surface area contributed by atoms with E-state index in [-0.39, 0.29) is 19.1 Å². The fraction of sp³-hybridized carbons (Fsp3) is 0.211. The van der Waals surface area contributed by atoms with Crippen molar-refractivity contribution in [1.82, 2.24) is 4.98 Å². The van der Waals surface area contributed by atoms with E-state index < -0.39 is 11.7 Å². The zero-order valence-electron chi connectivity index (χ0n) is 14.0. The highest BCUT2D eigenvalue weighted by atomic mass is 19.4. The highest BCUT2D eigenvalue weighted by Crippen LogP contribution is 2.30. The summed E-state index contributed by atoms with van der Waals surface area (Å²) in [4.78, 5) is 14.3. The van der Waals surface area contributed by atoms with Crippen molar-refractivity contribution < 1.29 is 22.7 Å². The number of halogens is 3. The fourth-order valence-corrected chi connectivity index (χ4v) is 2.67. The molecule has 4 nitrogen and oxygen atoms in total. The molecule has 0 fully saturated rings. The molecule has 0 saturated heterocycles. The van der Waals surface area contributed by atoms with Gasteiger partial charge in [0.25, 0.3) is 0 Å². The topological polar surface area (TPSA) is 54.1 Å². The van der Waals surface area contributed by atoms with E-state index in [2.05, 4.69) is 10.3 Å². The summed E-state index contributed by atoms with van der Waals surface area (Å²) in [5.74, 6) is -0.169. The molecule has 0 aliphatic rings. The van der Waals surface area contributed by atoms with E-state index in [1.807, 2.05) is 18.2 Å². The predicted octanol–water partition coefficient (Wildman–Crippen LogP) is 4.86. The number of benzene rings is 2. The normalized spacial score (nSPS) is 11.7. The van der Waals surface area contributed by atoms with Crippen molar-refractivity contribution >= 4 is 22.5 Å². The first-order valence-corrected chi connectivity index (χ1v) is 7.94. The van der Waals surface area contributed by atoms with E-state index in [0.717, 1.165) is 28.6 Å². The monoisotopic (exact) mass is 362 g/mol. The minimum Gasteiger partial charge on any atom is -0.372 e. The van der Waals surface area contributed by atoms with Crippen LogP contribution in [0.1, 0.15) is 23.6 Å². The van der Waals surface area contributed by atoms with Gasteiger partial charge < -0.3 is 15.0 Å². The van der Waals surface area contributed by atoms with Gasteiger partial charge in [-0.15, -0.1) is 0 Å². The number of aromatic amines is 1. The predicted molar refractivity (Wildman–Crippen MR) is 92.5 cm³/mol. The second kappa shape index (κ2) is 7.21. The van der Waals surface area contributed by atoms with Crippen LogP contribution in [0.5, 0.6) is 0 Å². The van der Waals surface area contributed by atoms with Gasteiger partial charge in [-0.25, -0.2) is 0 Å². The van der Waals surface area contributed by atoms with Crippen molar-refractivity contribution in [1.29, 1.82) is 0 Å². The summed E-state index contributed by atoms with van der Waals surface area (Å²) in [7, 11) is 0. The van der Waals surface area contributed by atoms with Crippen molar-refractivity contribution in [2.75, 3.05) is 5.32 Å². The number of fused-ring (bicyclic) bond motifs is 1. The second-order valence-corrected chi connectivity index (χ2v) is 5.95. The lowest BCUT2D eigenvalue weighted by atomic mass is 10.1. The number of alkyl halides is 3. The first-order valence-electron chi connectivity index (χ1n) is 7.94. The van der Waals surface area contributed by atoms with E-state index in [1.165, 1.54) is 13.0 Å². The van der Waals surface area contributed by atoms with Gasteiger partial charge >= 0.3 is 6.18 Å². The summed E-state index contributed by atoms with van der Waals surface area (Å²) in [6.45, 7) is 1.76. The van der Waals surface area contributed by atoms with Crippen molar-refractivity contribution in [3.05, 3.63) is 65.4 Å². The van der Waals surface area contributed by atoms with Crippen LogP contribution in [0.15, 0.2) is 48.7 Å². The van der Waals surface area contributed by atoms with Crippen molar-refractivity contribution in [3.63, 3.8) is 0 Å². The lowest BCUT2D eigenvalue weighted by Gasteiger charge is -2.09. The van der Waals surface area contributed by atoms with Crippen LogP contribution in [0.3, 0.4) is 0 Å². The molecule has 7 heteroatoms. The van der Waals surface area contributed by atoms with Crippen LogP contribution in [0.4, 0.5) is 18.9 Å². The third kappa shape index (κ3) is 4.23. The Labute approximate surface area is 148 Å². The molecule has 1 aromatic heterocycles. The number of nitrogens with one attached hydrogen (secondary N) is 2. The van der Waals surface area contributed by atoms with Gasteiger partial charge in [-0.05, 0) is 35.4 Å². The number of carbonyl (C=O) groups excluding carboxylic acids is 1. The lowest BCUT2D eigenvalue weighted by Crippen LogP contribution is -2.05. The molecule has 1 heterocycles. The fourth-order valence-electron chi connectivity index (χ4n) is 2.67. The molecule has 0 spiro atoms. The zero-order valence-corrected chi connectivity index (χ0v) is 14.0. The smallest absolute Gasteiger partial charge is 0.372 e. The molecule has 3 aromatic rings. The molecule has 0 atom stereocenters. The summed E-state index contributed by atoms with van der Waals surface area (Å²) in [6, 6.07) is 10.7. The minimum absolute atomic E-state index is 0.0770. The molecule has 0 unspecified atom stereocenters.